The number of benzene rings is 5. The highest BCUT2D eigenvalue weighted by atomic mass is 32.2. The van der Waals surface area contributed by atoms with Gasteiger partial charge < -0.3 is 42.5 Å². The minimum absolute atomic E-state index is 0.0779. The van der Waals surface area contributed by atoms with E-state index in [9.17, 15) is 28.4 Å². The number of para-hydroxylation sites is 1. The van der Waals surface area contributed by atoms with Crippen molar-refractivity contribution in [1.82, 2.24) is 0 Å². The number of carbonyl (C=O) groups is 5. The van der Waals surface area contributed by atoms with Gasteiger partial charge in [-0.25, -0.2) is 9.18 Å². The highest BCUT2D eigenvalue weighted by Crippen LogP contribution is 2.50. The molecule has 14 nitrogen and oxygen atoms in total. The molecule has 7 rings (SSSR count). The second-order valence-electron chi connectivity index (χ2n) is 19.0. The molecule has 2 fully saturated rings. The zero-order valence-corrected chi connectivity index (χ0v) is 43.5. The smallest absolute Gasteiger partial charge is 0.339 e. The molecule has 8 atom stereocenters. The van der Waals surface area contributed by atoms with Crippen LogP contribution < -0.4 is 14.4 Å². The van der Waals surface area contributed by atoms with Crippen molar-refractivity contribution < 1.29 is 65.9 Å². The molecule has 0 bridgehead atoms. The van der Waals surface area contributed by atoms with Gasteiger partial charge in [0.1, 0.15) is 29.2 Å². The van der Waals surface area contributed by atoms with Crippen LogP contribution in [0.3, 0.4) is 0 Å². The average Bonchev–Trinajstić information content (AvgIpc) is 3.33. The fourth-order valence-electron chi connectivity index (χ4n) is 8.28. The van der Waals surface area contributed by atoms with E-state index in [1.54, 1.807) is 35.2 Å². The van der Waals surface area contributed by atoms with Crippen LogP contribution >= 0.6 is 11.8 Å². The van der Waals surface area contributed by atoms with Gasteiger partial charge in [-0.1, -0.05) is 106 Å². The number of carbonyl (C=O) groups excluding carboxylic acids is 5. The van der Waals surface area contributed by atoms with Crippen LogP contribution in [0.4, 0.5) is 10.1 Å². The zero-order chi connectivity index (χ0) is 51.9. The minimum Gasteiger partial charge on any atom is -0.489 e. The van der Waals surface area contributed by atoms with Gasteiger partial charge in [0.05, 0.1) is 19.3 Å². The number of esters is 4. The van der Waals surface area contributed by atoms with Gasteiger partial charge in [0, 0.05) is 37.8 Å². The molecule has 0 aliphatic carbocycles. The molecule has 2 saturated heterocycles. The third-order valence-electron chi connectivity index (χ3n) is 12.8. The van der Waals surface area contributed by atoms with Crippen LogP contribution in [0.5, 0.6) is 11.5 Å². The molecule has 72 heavy (non-hydrogen) atoms. The molecule has 0 saturated carbocycles. The maximum Gasteiger partial charge on any atom is 0.339 e. The first kappa shape index (κ1) is 53.3. The molecule has 0 radical (unpaired) electrons. The van der Waals surface area contributed by atoms with Gasteiger partial charge in [0.25, 0.3) is 0 Å². The Morgan fingerprint density at radius 3 is 1.99 bits per heavy atom. The summed E-state index contributed by atoms with van der Waals surface area (Å²) in [5, 5.41) is -0.662. The van der Waals surface area contributed by atoms with Crippen LogP contribution in [0.1, 0.15) is 70.4 Å². The molecule has 5 aromatic carbocycles. The fourth-order valence-corrected chi connectivity index (χ4v) is 11.0. The molecule has 2 aliphatic rings. The summed E-state index contributed by atoms with van der Waals surface area (Å²) in [5.74, 6) is -2.68. The molecule has 2 aliphatic heterocycles. The van der Waals surface area contributed by atoms with E-state index in [1.807, 2.05) is 84.9 Å². The van der Waals surface area contributed by atoms with Crippen LogP contribution in [0.25, 0.3) is 11.1 Å². The molecule has 1 amide bonds. The van der Waals surface area contributed by atoms with E-state index in [1.165, 1.54) is 23.9 Å². The van der Waals surface area contributed by atoms with Crippen molar-refractivity contribution in [2.45, 2.75) is 114 Å². The first-order valence-electron chi connectivity index (χ1n) is 23.5. The van der Waals surface area contributed by atoms with Gasteiger partial charge in [-0.3, -0.25) is 19.2 Å². The van der Waals surface area contributed by atoms with Gasteiger partial charge >= 0.3 is 23.9 Å². The molecule has 0 aromatic heterocycles. The summed E-state index contributed by atoms with van der Waals surface area (Å²) in [5.41, 5.74) is 4.60. The lowest BCUT2D eigenvalue weighted by molar-refractivity contribution is -0.282. The number of nitrogens with zero attached hydrogens (tertiary/aromatic N) is 1. The monoisotopic (exact) mass is 1020 g/mol. The number of methoxy groups -OCH3 is 1. The van der Waals surface area contributed by atoms with Crippen molar-refractivity contribution in [3.63, 3.8) is 0 Å². The van der Waals surface area contributed by atoms with Crippen molar-refractivity contribution in [2.24, 2.45) is 0 Å². The highest BCUT2D eigenvalue weighted by molar-refractivity contribution is 8.00. The summed E-state index contributed by atoms with van der Waals surface area (Å²) in [4.78, 5) is 66.5. The normalized spacial score (nSPS) is 21.4. The number of anilines is 1. The Balaban J connectivity index is 1.25. The second kappa shape index (κ2) is 22.9. The van der Waals surface area contributed by atoms with Gasteiger partial charge in [-0.15, -0.1) is 11.8 Å². The van der Waals surface area contributed by atoms with Crippen molar-refractivity contribution in [3.05, 3.63) is 150 Å². The standard InChI is InChI=1S/C55H60FNO13SSi/c1-33(58)65-47-48(66-34(2)59)50(67-35(3)60)54(69-49(47)53(62)63-7)68-42-22-16-19-38(29-42)39-25-28-43(44(30-39)64-31-36-17-12-10-13-18-36)46-51(52(61)57(46)41-20-14-11-15-21-41)71-32-45(37-23-26-40(56)27-24-37)70-72(8,9)55(4,5)6/h10-30,45-51,54H,31-32H2,1-9H3/t45-,46?,47-,48-,49?,50?,51+,54+/m0/s1. The van der Waals surface area contributed by atoms with E-state index in [4.69, 9.17) is 37.6 Å². The van der Waals surface area contributed by atoms with Gasteiger partial charge in [-0.05, 0) is 82.9 Å². The third kappa shape index (κ3) is 12.6. The van der Waals surface area contributed by atoms with E-state index < -0.39 is 80.3 Å². The molecule has 5 aromatic rings. The topological polar surface area (TPSA) is 162 Å². The fraction of sp³-hybridized carbons (Fsp3) is 0.364. The lowest BCUT2D eigenvalue weighted by Crippen LogP contribution is -2.64. The van der Waals surface area contributed by atoms with Crippen LogP contribution in [0.15, 0.2) is 127 Å². The number of amides is 1. The number of hydrogen-bond acceptors (Lipinski definition) is 14. The van der Waals surface area contributed by atoms with Crippen molar-refractivity contribution in [2.75, 3.05) is 17.8 Å². The quantitative estimate of drug-likeness (QED) is 0.0353. The molecule has 380 valence electrons. The highest BCUT2D eigenvalue weighted by Gasteiger charge is 2.56. The number of thioether (sulfide) groups is 1. The Labute approximate surface area is 424 Å². The molecular formula is C55H60FNO13SSi. The average molecular weight is 1020 g/mol. The predicted octanol–water partition coefficient (Wildman–Crippen LogP) is 10.1. The van der Waals surface area contributed by atoms with Crippen LogP contribution in [0, 0.1) is 5.82 Å². The third-order valence-corrected chi connectivity index (χ3v) is 18.6. The zero-order valence-electron chi connectivity index (χ0n) is 41.7. The van der Waals surface area contributed by atoms with Crippen LogP contribution in [0.2, 0.25) is 18.1 Å². The Morgan fingerprint density at radius 1 is 0.750 bits per heavy atom. The largest absolute Gasteiger partial charge is 0.489 e. The Kier molecular flexibility index (Phi) is 16.9. The lowest BCUT2D eigenvalue weighted by Gasteiger charge is -2.48. The van der Waals surface area contributed by atoms with E-state index in [-0.39, 0.29) is 29.1 Å². The molecule has 3 unspecified atom stereocenters. The van der Waals surface area contributed by atoms with E-state index in [0.717, 1.165) is 50.3 Å². The van der Waals surface area contributed by atoms with Crippen LogP contribution in [-0.2, 0) is 58.7 Å². The molecule has 0 spiro atoms. The number of ether oxygens (including phenoxy) is 7. The van der Waals surface area contributed by atoms with Crippen molar-refractivity contribution in [3.8, 4) is 22.6 Å². The Hall–Kier alpha value is -6.53. The van der Waals surface area contributed by atoms with Crippen LogP contribution in [-0.4, -0.2) is 86.9 Å². The summed E-state index contributed by atoms with van der Waals surface area (Å²) in [6.07, 6.45) is -8.23. The number of halogens is 1. The molecule has 17 heteroatoms. The number of hydrogen-bond donors (Lipinski definition) is 0. The summed E-state index contributed by atoms with van der Waals surface area (Å²) in [6.45, 7) is 14.4. The molecular weight excluding hydrogens is 962 g/mol. The Bertz CT molecular complexity index is 2720. The van der Waals surface area contributed by atoms with Crippen molar-refractivity contribution in [1.29, 1.82) is 0 Å². The minimum atomic E-state index is -2.35. The van der Waals surface area contributed by atoms with Gasteiger partial charge in [0.15, 0.2) is 26.6 Å². The lowest BCUT2D eigenvalue weighted by atomic mass is 9.90. The van der Waals surface area contributed by atoms with E-state index >= 15 is 0 Å². The van der Waals surface area contributed by atoms with E-state index in [0.29, 0.717) is 22.6 Å². The second-order valence-corrected chi connectivity index (χ2v) is 24.9. The maximum absolute atomic E-state index is 14.5. The first-order valence-corrected chi connectivity index (χ1v) is 27.5. The summed E-state index contributed by atoms with van der Waals surface area (Å²) < 4.78 is 61.8. The van der Waals surface area contributed by atoms with Crippen molar-refractivity contribution >= 4 is 55.6 Å². The Morgan fingerprint density at radius 2 is 1.36 bits per heavy atom. The maximum atomic E-state index is 14.5. The number of β-lactam (4-membered cyclic amide) rings is 1. The summed E-state index contributed by atoms with van der Waals surface area (Å²) >= 11 is 1.50. The van der Waals surface area contributed by atoms with Gasteiger partial charge in [0.2, 0.25) is 18.3 Å². The SMILES string of the molecule is COC(=O)C1O[C@@H](Oc2cccc(-c3ccc(C4[C@@H](SC[C@H](O[Si](C)(C)C(C)(C)C)c5ccc(F)cc5)C(=O)N4c4ccccc4)c(OCc4ccccc4)c3)c2)C(OC(C)=O)[C@@H](OC(C)=O)[C@@H]1OC(C)=O. The molecule has 2 heterocycles. The van der Waals surface area contributed by atoms with Gasteiger partial charge in [-0.2, -0.15) is 0 Å². The summed E-state index contributed by atoms with van der Waals surface area (Å²) in [6, 6.07) is 37.8. The van der Waals surface area contributed by atoms with E-state index in [2.05, 4.69) is 33.9 Å². The molecule has 0 N–H and O–H groups in total. The first-order chi connectivity index (χ1) is 34.2. The number of rotatable bonds is 18. The summed E-state index contributed by atoms with van der Waals surface area (Å²) in [7, 11) is -1.24. The predicted molar refractivity (Wildman–Crippen MR) is 271 cm³/mol.